The van der Waals surface area contributed by atoms with E-state index < -0.39 is 73.2 Å². The third kappa shape index (κ3) is 25.9. The lowest BCUT2D eigenvalue weighted by Gasteiger charge is -2.35. The first kappa shape index (κ1) is 55.5. The highest BCUT2D eigenvalue weighted by Crippen LogP contribution is 2.29. The Kier molecular flexibility index (Phi) is 29.8. The zero-order valence-corrected chi connectivity index (χ0v) is 35.9. The molecule has 0 rings (SSSR count). The van der Waals surface area contributed by atoms with Crippen molar-refractivity contribution in [2.75, 3.05) is 92.3 Å². The summed E-state index contributed by atoms with van der Waals surface area (Å²) in [6.07, 6.45) is 4.22. The molecule has 17 heteroatoms. The van der Waals surface area contributed by atoms with Gasteiger partial charge in [0.15, 0.2) is 5.78 Å². The molecule has 0 aliphatic carbocycles. The second-order valence-corrected chi connectivity index (χ2v) is 14.2. The number of esters is 5. The highest BCUT2D eigenvalue weighted by atomic mass is 16.6. The minimum Gasteiger partial charge on any atom is -0.465 e. The van der Waals surface area contributed by atoms with Crippen LogP contribution in [0.2, 0.25) is 0 Å². The molecule has 0 amide bonds. The van der Waals surface area contributed by atoms with Crippen LogP contribution in [-0.4, -0.2) is 156 Å². The van der Waals surface area contributed by atoms with Crippen molar-refractivity contribution in [1.82, 2.24) is 4.90 Å². The number of nitrogens with zero attached hydrogens (tertiary/aromatic N) is 1. The Morgan fingerprint density at radius 1 is 0.583 bits per heavy atom. The van der Waals surface area contributed by atoms with Crippen LogP contribution in [0.25, 0.3) is 0 Å². The largest absolute Gasteiger partial charge is 0.465 e. The van der Waals surface area contributed by atoms with E-state index in [1.54, 1.807) is 0 Å². The van der Waals surface area contributed by atoms with Gasteiger partial charge >= 0.3 is 29.8 Å². The maximum absolute atomic E-state index is 13.2. The molecule has 0 aliphatic heterocycles. The second-order valence-electron chi connectivity index (χ2n) is 14.2. The Hall–Kier alpha value is -4.52. The Morgan fingerprint density at radius 2 is 1.07 bits per heavy atom. The van der Waals surface area contributed by atoms with Gasteiger partial charge < -0.3 is 52.6 Å². The van der Waals surface area contributed by atoms with Crippen LogP contribution in [0.3, 0.4) is 0 Å². The Morgan fingerprint density at radius 3 is 1.55 bits per heavy atom. The van der Waals surface area contributed by atoms with Gasteiger partial charge in [0.1, 0.15) is 33.0 Å². The van der Waals surface area contributed by atoms with E-state index in [0.29, 0.717) is 19.8 Å². The van der Waals surface area contributed by atoms with Crippen molar-refractivity contribution < 1.29 is 76.5 Å². The Labute approximate surface area is 354 Å². The fourth-order valence-electron chi connectivity index (χ4n) is 5.27. The van der Waals surface area contributed by atoms with Gasteiger partial charge in [-0.15, -0.1) is 0 Å². The SMILES string of the molecule is C=CC(=O)CCC(COCC(COC(=O)C=C)(COC(=O)C=C)COC(=O)CCN(CCC)CC(O)COCC(C)OCC(C)OCC)(COC(=O)C=C)COC(=O)C=C. The first-order valence-electron chi connectivity index (χ1n) is 19.8. The molecule has 0 spiro atoms. The summed E-state index contributed by atoms with van der Waals surface area (Å²) < 4.78 is 50.0. The van der Waals surface area contributed by atoms with E-state index in [1.807, 2.05) is 32.6 Å². The average molecular weight is 854 g/mol. The summed E-state index contributed by atoms with van der Waals surface area (Å²) >= 11 is 0. The third-order valence-electron chi connectivity index (χ3n) is 8.60. The van der Waals surface area contributed by atoms with E-state index in [-0.39, 0.29) is 83.4 Å². The van der Waals surface area contributed by atoms with Crippen LogP contribution in [0, 0.1) is 10.8 Å². The number of hydrogen-bond acceptors (Lipinski definition) is 17. The monoisotopic (exact) mass is 853 g/mol. The quantitative estimate of drug-likeness (QED) is 0.0537. The van der Waals surface area contributed by atoms with Gasteiger partial charge in [0.2, 0.25) is 0 Å². The van der Waals surface area contributed by atoms with Crippen LogP contribution in [0.15, 0.2) is 63.3 Å². The van der Waals surface area contributed by atoms with E-state index in [0.717, 1.165) is 36.8 Å². The Balaban J connectivity index is 6.09. The molecule has 3 atom stereocenters. The lowest BCUT2D eigenvalue weighted by atomic mass is 9.84. The van der Waals surface area contributed by atoms with Gasteiger partial charge in [0.05, 0.1) is 68.6 Å². The number of aliphatic hydroxyl groups is 1. The smallest absolute Gasteiger partial charge is 0.330 e. The maximum atomic E-state index is 13.2. The topological polar surface area (TPSA) is 209 Å². The first-order valence-corrected chi connectivity index (χ1v) is 19.8. The molecule has 60 heavy (non-hydrogen) atoms. The van der Waals surface area contributed by atoms with Crippen LogP contribution < -0.4 is 0 Å². The van der Waals surface area contributed by atoms with Crippen molar-refractivity contribution in [3.8, 4) is 0 Å². The van der Waals surface area contributed by atoms with Crippen LogP contribution in [0.5, 0.6) is 0 Å². The van der Waals surface area contributed by atoms with Crippen molar-refractivity contribution in [2.45, 2.75) is 71.7 Å². The third-order valence-corrected chi connectivity index (χ3v) is 8.60. The van der Waals surface area contributed by atoms with Crippen molar-refractivity contribution in [3.63, 3.8) is 0 Å². The number of ketones is 1. The number of hydrogen-bond donors (Lipinski definition) is 1. The molecule has 0 aromatic heterocycles. The van der Waals surface area contributed by atoms with Crippen molar-refractivity contribution in [1.29, 1.82) is 0 Å². The molecule has 0 fully saturated rings. The summed E-state index contributed by atoms with van der Waals surface area (Å²) in [5.74, 6) is -4.26. The number of carbonyl (C=O) groups is 6. The predicted molar refractivity (Wildman–Crippen MR) is 220 cm³/mol. The van der Waals surface area contributed by atoms with Gasteiger partial charge in [-0.25, -0.2) is 19.2 Å². The van der Waals surface area contributed by atoms with E-state index >= 15 is 0 Å². The van der Waals surface area contributed by atoms with Crippen LogP contribution >= 0.6 is 0 Å². The van der Waals surface area contributed by atoms with Gasteiger partial charge in [0, 0.05) is 50.4 Å². The van der Waals surface area contributed by atoms with Gasteiger partial charge in [-0.2, -0.15) is 0 Å². The van der Waals surface area contributed by atoms with E-state index in [9.17, 15) is 33.9 Å². The van der Waals surface area contributed by atoms with Gasteiger partial charge in [0.25, 0.3) is 0 Å². The standard InChI is InChI=1S/C43H67NO16/c1-10-20-44(22-36(46)25-52-23-33(8)55-24-34(9)54-16-7)21-18-41(51)60-32-43(30-58-39(49)14-5,31-59-40(50)15-6)27-53-26-42(19-17-35(45)11-2,28-56-37(47)12-3)29-57-38(48)13-4/h11-15,33-34,36,46H,2-6,10,16-32H2,1,7-9H3. The van der Waals surface area contributed by atoms with E-state index in [4.69, 9.17) is 42.6 Å². The van der Waals surface area contributed by atoms with Gasteiger partial charge in [-0.3, -0.25) is 9.59 Å². The number of carbonyl (C=O) groups excluding carboxylic acids is 6. The molecule has 3 unspecified atom stereocenters. The number of aliphatic hydroxyl groups excluding tert-OH is 1. The fourth-order valence-corrected chi connectivity index (χ4v) is 5.27. The second kappa shape index (κ2) is 32.3. The molecule has 0 saturated heterocycles. The maximum Gasteiger partial charge on any atom is 0.330 e. The predicted octanol–water partition coefficient (Wildman–Crippen LogP) is 3.28. The van der Waals surface area contributed by atoms with Gasteiger partial charge in [-0.1, -0.05) is 39.8 Å². The minimum absolute atomic E-state index is 0.0114. The van der Waals surface area contributed by atoms with Crippen LogP contribution in [0.1, 0.15) is 53.4 Å². The molecule has 340 valence electrons. The number of ether oxygens (including phenoxy) is 9. The molecular formula is C43H67NO16. The van der Waals surface area contributed by atoms with Crippen molar-refractivity contribution in [3.05, 3.63) is 63.3 Å². The summed E-state index contributed by atoms with van der Waals surface area (Å²) in [5, 5.41) is 10.7. The van der Waals surface area contributed by atoms with Crippen LogP contribution in [-0.2, 0) is 71.4 Å². The lowest BCUT2D eigenvalue weighted by Crippen LogP contribution is -2.45. The van der Waals surface area contributed by atoms with E-state index in [1.165, 1.54) is 0 Å². The molecule has 0 aromatic rings. The molecule has 0 bridgehead atoms. The van der Waals surface area contributed by atoms with Gasteiger partial charge in [-0.05, 0) is 46.2 Å². The van der Waals surface area contributed by atoms with Crippen LogP contribution in [0.4, 0.5) is 0 Å². The summed E-state index contributed by atoms with van der Waals surface area (Å²) in [5.41, 5.74) is -2.84. The number of allylic oxidation sites excluding steroid dienone is 1. The van der Waals surface area contributed by atoms with Crippen molar-refractivity contribution >= 4 is 35.6 Å². The molecule has 0 aliphatic rings. The zero-order valence-electron chi connectivity index (χ0n) is 35.9. The highest BCUT2D eigenvalue weighted by molar-refractivity contribution is 5.89. The zero-order chi connectivity index (χ0) is 45.4. The number of rotatable bonds is 38. The molecule has 17 nitrogen and oxygen atoms in total. The summed E-state index contributed by atoms with van der Waals surface area (Å²) in [6, 6.07) is 0. The molecule has 0 heterocycles. The summed E-state index contributed by atoms with van der Waals surface area (Å²) in [6.45, 7) is 24.1. The lowest BCUT2D eigenvalue weighted by molar-refractivity contribution is -0.167. The molecular weight excluding hydrogens is 786 g/mol. The fraction of sp³-hybridized carbons (Fsp3) is 0.628. The summed E-state index contributed by atoms with van der Waals surface area (Å²) in [4.78, 5) is 76.1. The summed E-state index contributed by atoms with van der Waals surface area (Å²) in [7, 11) is 0. The first-order chi connectivity index (χ1) is 28.5. The average Bonchev–Trinajstić information content (AvgIpc) is 3.24. The van der Waals surface area contributed by atoms with Crippen molar-refractivity contribution in [2.24, 2.45) is 10.8 Å². The highest BCUT2D eigenvalue weighted by Gasteiger charge is 2.40. The normalized spacial score (nSPS) is 12.9. The molecule has 0 saturated carbocycles. The Bertz CT molecular complexity index is 1300. The van der Waals surface area contributed by atoms with E-state index in [2.05, 4.69) is 32.9 Å². The molecule has 1 N–H and O–H groups in total. The minimum atomic E-state index is -1.52. The molecule has 0 radical (unpaired) electrons. The molecule has 0 aromatic carbocycles.